The van der Waals surface area contributed by atoms with Crippen LogP contribution in [0.2, 0.25) is 0 Å². The Bertz CT molecular complexity index is 1040. The predicted octanol–water partition coefficient (Wildman–Crippen LogP) is 4.10. The molecular weight excluding hydrogens is 414 g/mol. The minimum absolute atomic E-state index is 0.0973. The van der Waals surface area contributed by atoms with Gasteiger partial charge < -0.3 is 10.6 Å². The highest BCUT2D eigenvalue weighted by atomic mass is 32.2. The van der Waals surface area contributed by atoms with Crippen LogP contribution >= 0.6 is 0 Å². The number of benzene rings is 2. The van der Waals surface area contributed by atoms with Crippen LogP contribution < -0.4 is 10.6 Å². The largest absolute Gasteiger partial charge is 0.326 e. The van der Waals surface area contributed by atoms with Gasteiger partial charge in [0.15, 0.2) is 0 Å². The first-order valence-electron chi connectivity index (χ1n) is 10.6. The second-order valence-electron chi connectivity index (χ2n) is 7.97. The monoisotopic (exact) mass is 443 g/mol. The standard InChI is InChI=1S/C23H29N3O4S/c1-3-6-22(27)24-20-9-4-8-18(15-20)23(28)25-19-10-12-21(13-11-19)31(29,30)26-14-5-7-17(2)16-26/h4,8-13,15,17H,3,5-7,14,16H2,1-2H3,(H,24,27)(H,25,28). The summed E-state index contributed by atoms with van der Waals surface area (Å²) in [6, 6.07) is 12.9. The summed E-state index contributed by atoms with van der Waals surface area (Å²) in [7, 11) is -3.53. The fraction of sp³-hybridized carbons (Fsp3) is 0.391. The van der Waals surface area contributed by atoms with E-state index in [4.69, 9.17) is 0 Å². The molecule has 0 aliphatic carbocycles. The first kappa shape index (κ1) is 23.0. The van der Waals surface area contributed by atoms with Gasteiger partial charge in [0, 0.05) is 36.4 Å². The summed E-state index contributed by atoms with van der Waals surface area (Å²) in [5, 5.41) is 5.54. The second-order valence-corrected chi connectivity index (χ2v) is 9.91. The van der Waals surface area contributed by atoms with Crippen LogP contribution in [0, 0.1) is 5.92 Å². The second kappa shape index (κ2) is 10.1. The van der Waals surface area contributed by atoms with E-state index in [1.54, 1.807) is 36.4 Å². The molecule has 3 rings (SSSR count). The van der Waals surface area contributed by atoms with Crippen molar-refractivity contribution in [1.29, 1.82) is 0 Å². The average molecular weight is 444 g/mol. The molecule has 0 radical (unpaired) electrons. The van der Waals surface area contributed by atoms with Crippen LogP contribution in [0.25, 0.3) is 0 Å². The van der Waals surface area contributed by atoms with E-state index < -0.39 is 10.0 Å². The molecule has 1 aliphatic heterocycles. The molecule has 1 aliphatic rings. The molecule has 7 nitrogen and oxygen atoms in total. The molecular formula is C23H29N3O4S. The van der Waals surface area contributed by atoms with Crippen LogP contribution in [0.3, 0.4) is 0 Å². The maximum Gasteiger partial charge on any atom is 0.255 e. The number of sulfonamides is 1. The number of carbonyl (C=O) groups is 2. The van der Waals surface area contributed by atoms with Gasteiger partial charge in [-0.1, -0.05) is 19.9 Å². The molecule has 2 amide bonds. The number of hydrogen-bond acceptors (Lipinski definition) is 4. The van der Waals surface area contributed by atoms with Crippen molar-refractivity contribution in [3.05, 3.63) is 54.1 Å². The molecule has 8 heteroatoms. The Balaban J connectivity index is 1.67. The zero-order valence-corrected chi connectivity index (χ0v) is 18.7. The molecule has 0 aromatic heterocycles. The number of amides is 2. The topological polar surface area (TPSA) is 95.6 Å². The molecule has 2 aromatic carbocycles. The first-order valence-corrected chi connectivity index (χ1v) is 12.0. The SMILES string of the molecule is CCCC(=O)Nc1cccc(C(=O)Nc2ccc(S(=O)(=O)N3CCCC(C)C3)cc2)c1. The number of rotatable bonds is 7. The molecule has 1 atom stereocenters. The molecule has 166 valence electrons. The molecule has 0 bridgehead atoms. The number of anilines is 2. The lowest BCUT2D eigenvalue weighted by Crippen LogP contribution is -2.39. The highest BCUT2D eigenvalue weighted by Crippen LogP contribution is 2.24. The van der Waals surface area contributed by atoms with E-state index in [1.165, 1.54) is 16.4 Å². The summed E-state index contributed by atoms with van der Waals surface area (Å²) in [5.74, 6) is -0.0865. The van der Waals surface area contributed by atoms with Gasteiger partial charge in [-0.05, 0) is 67.6 Å². The van der Waals surface area contributed by atoms with E-state index in [9.17, 15) is 18.0 Å². The Morgan fingerprint density at radius 1 is 1.06 bits per heavy atom. The molecule has 2 N–H and O–H groups in total. The van der Waals surface area contributed by atoms with Gasteiger partial charge in [0.05, 0.1) is 4.90 Å². The molecule has 1 unspecified atom stereocenters. The smallest absolute Gasteiger partial charge is 0.255 e. The summed E-state index contributed by atoms with van der Waals surface area (Å²) in [6.07, 6.45) is 3.07. The van der Waals surface area contributed by atoms with Crippen LogP contribution in [0.4, 0.5) is 11.4 Å². The Hall–Kier alpha value is -2.71. The third-order valence-corrected chi connectivity index (χ3v) is 7.13. The van der Waals surface area contributed by atoms with Crippen LogP contribution in [-0.2, 0) is 14.8 Å². The number of piperidine rings is 1. The van der Waals surface area contributed by atoms with Gasteiger partial charge in [-0.3, -0.25) is 9.59 Å². The first-order chi connectivity index (χ1) is 14.8. The van der Waals surface area contributed by atoms with Crippen molar-refractivity contribution in [1.82, 2.24) is 4.31 Å². The number of nitrogens with zero attached hydrogens (tertiary/aromatic N) is 1. The van der Waals surface area contributed by atoms with Crippen LogP contribution in [0.5, 0.6) is 0 Å². The lowest BCUT2D eigenvalue weighted by atomic mass is 10.0. The third-order valence-electron chi connectivity index (χ3n) is 5.26. The molecule has 0 spiro atoms. The fourth-order valence-electron chi connectivity index (χ4n) is 3.62. The number of nitrogens with one attached hydrogen (secondary N) is 2. The number of hydrogen-bond donors (Lipinski definition) is 2. The molecule has 1 heterocycles. The van der Waals surface area contributed by atoms with Crippen molar-refractivity contribution in [2.45, 2.75) is 44.4 Å². The van der Waals surface area contributed by atoms with Crippen LogP contribution in [0.15, 0.2) is 53.4 Å². The summed E-state index contributed by atoms with van der Waals surface area (Å²) in [4.78, 5) is 24.6. The minimum Gasteiger partial charge on any atom is -0.326 e. The number of carbonyl (C=O) groups excluding carboxylic acids is 2. The summed E-state index contributed by atoms with van der Waals surface area (Å²) in [6.45, 7) is 5.06. The van der Waals surface area contributed by atoms with Crippen molar-refractivity contribution in [2.75, 3.05) is 23.7 Å². The Kier molecular flexibility index (Phi) is 7.46. The maximum absolute atomic E-state index is 12.9. The van der Waals surface area contributed by atoms with Crippen molar-refractivity contribution in [2.24, 2.45) is 5.92 Å². The Morgan fingerprint density at radius 3 is 2.48 bits per heavy atom. The van der Waals surface area contributed by atoms with E-state index in [-0.39, 0.29) is 16.7 Å². The average Bonchev–Trinajstić information content (AvgIpc) is 2.74. The molecule has 2 aromatic rings. The van der Waals surface area contributed by atoms with Gasteiger partial charge in [0.2, 0.25) is 15.9 Å². The Morgan fingerprint density at radius 2 is 1.81 bits per heavy atom. The quantitative estimate of drug-likeness (QED) is 0.673. The zero-order valence-electron chi connectivity index (χ0n) is 17.9. The van der Waals surface area contributed by atoms with Crippen LogP contribution in [0.1, 0.15) is 49.9 Å². The van der Waals surface area contributed by atoms with E-state index in [0.717, 1.165) is 19.3 Å². The summed E-state index contributed by atoms with van der Waals surface area (Å²) >= 11 is 0. The molecule has 0 saturated carbocycles. The fourth-order valence-corrected chi connectivity index (χ4v) is 5.21. The van der Waals surface area contributed by atoms with Gasteiger partial charge in [-0.2, -0.15) is 4.31 Å². The van der Waals surface area contributed by atoms with Crippen molar-refractivity contribution < 1.29 is 18.0 Å². The molecule has 1 saturated heterocycles. The van der Waals surface area contributed by atoms with Gasteiger partial charge >= 0.3 is 0 Å². The van der Waals surface area contributed by atoms with E-state index in [1.807, 2.05) is 6.92 Å². The van der Waals surface area contributed by atoms with Crippen molar-refractivity contribution in [3.63, 3.8) is 0 Å². The van der Waals surface area contributed by atoms with Crippen molar-refractivity contribution >= 4 is 33.2 Å². The predicted molar refractivity (Wildman–Crippen MR) is 122 cm³/mol. The molecule has 31 heavy (non-hydrogen) atoms. The highest BCUT2D eigenvalue weighted by Gasteiger charge is 2.28. The van der Waals surface area contributed by atoms with Crippen molar-refractivity contribution in [3.8, 4) is 0 Å². The minimum atomic E-state index is -3.53. The summed E-state index contributed by atoms with van der Waals surface area (Å²) in [5.41, 5.74) is 1.45. The third kappa shape index (κ3) is 5.92. The lowest BCUT2D eigenvalue weighted by molar-refractivity contribution is -0.116. The molecule has 1 fully saturated rings. The normalized spacial score (nSPS) is 17.2. The van der Waals surface area contributed by atoms with E-state index in [2.05, 4.69) is 17.6 Å². The van der Waals surface area contributed by atoms with E-state index in [0.29, 0.717) is 42.4 Å². The highest BCUT2D eigenvalue weighted by molar-refractivity contribution is 7.89. The van der Waals surface area contributed by atoms with Crippen LogP contribution in [-0.4, -0.2) is 37.6 Å². The summed E-state index contributed by atoms with van der Waals surface area (Å²) < 4.78 is 27.3. The zero-order chi connectivity index (χ0) is 22.4. The Labute approximate surface area is 183 Å². The maximum atomic E-state index is 12.9. The van der Waals surface area contributed by atoms with Gasteiger partial charge in [0.25, 0.3) is 5.91 Å². The lowest BCUT2D eigenvalue weighted by Gasteiger charge is -2.30. The van der Waals surface area contributed by atoms with Gasteiger partial charge in [-0.15, -0.1) is 0 Å². The van der Waals surface area contributed by atoms with E-state index >= 15 is 0 Å². The van der Waals surface area contributed by atoms with Gasteiger partial charge in [-0.25, -0.2) is 8.42 Å². The van der Waals surface area contributed by atoms with Gasteiger partial charge in [0.1, 0.15) is 0 Å².